The average Bonchev–Trinajstić information content (AvgIpc) is 3.21. The van der Waals surface area contributed by atoms with Crippen LogP contribution in [0.5, 0.6) is 0 Å². The molecular weight excluding hydrogens is 443 g/mol. The predicted octanol–water partition coefficient (Wildman–Crippen LogP) is 5.37. The summed E-state index contributed by atoms with van der Waals surface area (Å²) in [6.45, 7) is 6.01. The van der Waals surface area contributed by atoms with Crippen molar-refractivity contribution in [2.24, 2.45) is 0 Å². The molecule has 1 aromatic heterocycles. The molecule has 0 spiro atoms. The van der Waals surface area contributed by atoms with E-state index in [1.54, 1.807) is 6.26 Å². The molecule has 4 nitrogen and oxygen atoms in total. The van der Waals surface area contributed by atoms with E-state index in [9.17, 15) is 5.11 Å². The number of rotatable bonds is 6. The van der Waals surface area contributed by atoms with Crippen LogP contribution in [0.15, 0.2) is 47.3 Å². The van der Waals surface area contributed by atoms with Crippen molar-refractivity contribution in [1.82, 2.24) is 9.80 Å². The number of aliphatic hydroxyl groups is 1. The highest BCUT2D eigenvalue weighted by molar-refractivity contribution is 6.30. The molecule has 1 aliphatic carbocycles. The second kappa shape index (κ2) is 11.8. The third-order valence-electron chi connectivity index (χ3n) is 6.51. The van der Waals surface area contributed by atoms with Gasteiger partial charge in [0.05, 0.1) is 18.1 Å². The largest absolute Gasteiger partial charge is 0.472 e. The summed E-state index contributed by atoms with van der Waals surface area (Å²) in [7, 11) is 0. The SMILES string of the molecule is Cl.Cl.OC1(C(CN2CCN(Cc3ccoc3)CC2)c2cccc(Cl)c2)CCCCC1. The van der Waals surface area contributed by atoms with Gasteiger partial charge in [-0.1, -0.05) is 43.0 Å². The summed E-state index contributed by atoms with van der Waals surface area (Å²) in [5, 5.41) is 12.3. The van der Waals surface area contributed by atoms with Gasteiger partial charge in [0.25, 0.3) is 0 Å². The summed E-state index contributed by atoms with van der Waals surface area (Å²) < 4.78 is 5.19. The molecular formula is C23H33Cl3N2O2. The summed E-state index contributed by atoms with van der Waals surface area (Å²) in [5.41, 5.74) is 1.80. The first kappa shape index (κ1) is 25.5. The molecule has 30 heavy (non-hydrogen) atoms. The van der Waals surface area contributed by atoms with E-state index in [2.05, 4.69) is 15.9 Å². The zero-order chi connectivity index (χ0) is 19.4. The zero-order valence-corrected chi connectivity index (χ0v) is 19.7. The fourth-order valence-electron chi connectivity index (χ4n) is 4.85. The Morgan fingerprint density at radius 2 is 1.70 bits per heavy atom. The molecule has 1 N–H and O–H groups in total. The summed E-state index contributed by atoms with van der Waals surface area (Å²) >= 11 is 6.29. The van der Waals surface area contributed by atoms with Gasteiger partial charge in [-0.3, -0.25) is 4.90 Å². The van der Waals surface area contributed by atoms with E-state index in [4.69, 9.17) is 16.0 Å². The lowest BCUT2D eigenvalue weighted by atomic mass is 9.72. The van der Waals surface area contributed by atoms with Gasteiger partial charge in [-0.2, -0.15) is 0 Å². The minimum atomic E-state index is -0.614. The van der Waals surface area contributed by atoms with Crippen molar-refractivity contribution in [2.75, 3.05) is 32.7 Å². The standard InChI is InChI=1S/C23H31ClN2O2.2ClH/c24-21-6-4-5-20(15-21)22(23(27)8-2-1-3-9-23)17-26-12-10-25(11-13-26)16-19-7-14-28-18-19;;/h4-7,14-15,18,22,27H,1-3,8-13,16-17H2;2*1H. The van der Waals surface area contributed by atoms with Gasteiger partial charge in [-0.15, -0.1) is 24.8 Å². The van der Waals surface area contributed by atoms with Crippen LogP contribution in [0.4, 0.5) is 0 Å². The van der Waals surface area contributed by atoms with E-state index >= 15 is 0 Å². The summed E-state index contributed by atoms with van der Waals surface area (Å²) in [5.74, 6) is 0.118. The highest BCUT2D eigenvalue weighted by Gasteiger charge is 2.40. The third kappa shape index (κ3) is 6.38. The third-order valence-corrected chi connectivity index (χ3v) is 6.75. The van der Waals surface area contributed by atoms with Crippen molar-refractivity contribution in [3.05, 3.63) is 59.0 Å². The number of hydrogen-bond acceptors (Lipinski definition) is 4. The maximum atomic E-state index is 11.5. The van der Waals surface area contributed by atoms with Crippen molar-refractivity contribution in [3.63, 3.8) is 0 Å². The van der Waals surface area contributed by atoms with Crippen LogP contribution in [0.1, 0.15) is 49.1 Å². The lowest BCUT2D eigenvalue weighted by Gasteiger charge is -2.43. The number of hydrogen-bond donors (Lipinski definition) is 1. The molecule has 1 aromatic carbocycles. The Morgan fingerprint density at radius 1 is 1.00 bits per heavy atom. The van der Waals surface area contributed by atoms with Crippen molar-refractivity contribution in [1.29, 1.82) is 0 Å². The second-order valence-electron chi connectivity index (χ2n) is 8.48. The maximum absolute atomic E-state index is 11.5. The van der Waals surface area contributed by atoms with Crippen LogP contribution in [-0.2, 0) is 6.54 Å². The second-order valence-corrected chi connectivity index (χ2v) is 8.92. The molecule has 1 atom stereocenters. The predicted molar refractivity (Wildman–Crippen MR) is 127 cm³/mol. The minimum absolute atomic E-state index is 0. The van der Waals surface area contributed by atoms with E-state index in [1.807, 2.05) is 30.5 Å². The molecule has 168 valence electrons. The molecule has 1 saturated carbocycles. The van der Waals surface area contributed by atoms with Gasteiger partial charge in [0.1, 0.15) is 0 Å². The number of benzene rings is 1. The van der Waals surface area contributed by atoms with Gasteiger partial charge >= 0.3 is 0 Å². The Labute approximate surface area is 197 Å². The highest BCUT2D eigenvalue weighted by atomic mass is 35.5. The van der Waals surface area contributed by atoms with Crippen LogP contribution in [0.2, 0.25) is 5.02 Å². The monoisotopic (exact) mass is 474 g/mol. The Bertz CT molecular complexity index is 743. The van der Waals surface area contributed by atoms with Gasteiger partial charge < -0.3 is 14.4 Å². The number of halogens is 3. The van der Waals surface area contributed by atoms with Crippen LogP contribution >= 0.6 is 36.4 Å². The zero-order valence-electron chi connectivity index (χ0n) is 17.3. The molecule has 4 rings (SSSR count). The van der Waals surface area contributed by atoms with Crippen LogP contribution < -0.4 is 0 Å². The molecule has 1 saturated heterocycles. The molecule has 0 amide bonds. The van der Waals surface area contributed by atoms with Crippen molar-refractivity contribution >= 4 is 36.4 Å². The highest BCUT2D eigenvalue weighted by Crippen LogP contribution is 2.41. The van der Waals surface area contributed by atoms with Gasteiger partial charge in [0.15, 0.2) is 0 Å². The molecule has 1 unspecified atom stereocenters. The van der Waals surface area contributed by atoms with Gasteiger partial charge in [-0.05, 0) is 36.6 Å². The van der Waals surface area contributed by atoms with E-state index in [1.165, 1.54) is 17.5 Å². The number of nitrogens with zero attached hydrogens (tertiary/aromatic N) is 2. The molecule has 0 radical (unpaired) electrons. The van der Waals surface area contributed by atoms with E-state index in [-0.39, 0.29) is 30.7 Å². The first-order valence-corrected chi connectivity index (χ1v) is 10.9. The number of furan rings is 1. The molecule has 2 heterocycles. The first-order valence-electron chi connectivity index (χ1n) is 10.6. The van der Waals surface area contributed by atoms with Crippen molar-refractivity contribution < 1.29 is 9.52 Å². The Morgan fingerprint density at radius 3 is 2.33 bits per heavy atom. The fraction of sp³-hybridized carbons (Fsp3) is 0.565. The van der Waals surface area contributed by atoms with E-state index < -0.39 is 5.60 Å². The average molecular weight is 476 g/mol. The minimum Gasteiger partial charge on any atom is -0.472 e. The molecule has 2 aromatic rings. The quantitative estimate of drug-likeness (QED) is 0.609. The van der Waals surface area contributed by atoms with Crippen LogP contribution in [0.25, 0.3) is 0 Å². The van der Waals surface area contributed by atoms with Crippen LogP contribution in [0, 0.1) is 0 Å². The Balaban J connectivity index is 0.00000160. The topological polar surface area (TPSA) is 39.9 Å². The van der Waals surface area contributed by atoms with Gasteiger partial charge in [-0.25, -0.2) is 0 Å². The Kier molecular flexibility index (Phi) is 9.99. The van der Waals surface area contributed by atoms with E-state index in [0.717, 1.165) is 70.0 Å². The molecule has 7 heteroatoms. The molecule has 0 bridgehead atoms. The Hall–Kier alpha value is -0.750. The molecule has 2 fully saturated rings. The number of piperazine rings is 1. The summed E-state index contributed by atoms with van der Waals surface area (Å²) in [6.07, 6.45) is 8.83. The first-order chi connectivity index (χ1) is 13.6. The normalized spacial score (nSPS) is 20.7. The molecule has 1 aliphatic heterocycles. The summed E-state index contributed by atoms with van der Waals surface area (Å²) in [4.78, 5) is 5.00. The van der Waals surface area contributed by atoms with Gasteiger partial charge in [0.2, 0.25) is 0 Å². The van der Waals surface area contributed by atoms with Crippen LogP contribution in [-0.4, -0.2) is 53.2 Å². The van der Waals surface area contributed by atoms with Crippen molar-refractivity contribution in [2.45, 2.75) is 50.2 Å². The van der Waals surface area contributed by atoms with Crippen molar-refractivity contribution in [3.8, 4) is 0 Å². The van der Waals surface area contributed by atoms with E-state index in [0.29, 0.717) is 0 Å². The lowest BCUT2D eigenvalue weighted by molar-refractivity contribution is -0.0344. The summed E-state index contributed by atoms with van der Waals surface area (Å²) in [6, 6.07) is 10.2. The smallest absolute Gasteiger partial charge is 0.0947 e. The van der Waals surface area contributed by atoms with Gasteiger partial charge in [0, 0.05) is 55.8 Å². The maximum Gasteiger partial charge on any atom is 0.0947 e. The lowest BCUT2D eigenvalue weighted by Crippen LogP contribution is -2.50. The molecule has 2 aliphatic rings. The fourth-order valence-corrected chi connectivity index (χ4v) is 5.05. The van der Waals surface area contributed by atoms with Crippen LogP contribution in [0.3, 0.4) is 0 Å².